The van der Waals surface area contributed by atoms with E-state index in [1.165, 1.54) is 0 Å². The van der Waals surface area contributed by atoms with Crippen LogP contribution in [0.5, 0.6) is 5.75 Å². The largest absolute Gasteiger partial charge is 0.497 e. The molecule has 6 rings (SSSR count). The molecule has 1 aliphatic rings. The van der Waals surface area contributed by atoms with Gasteiger partial charge in [0.05, 0.1) is 19.4 Å². The first-order valence-electron chi connectivity index (χ1n) is 10.9. The Labute approximate surface area is 190 Å². The number of furan rings is 1. The van der Waals surface area contributed by atoms with Crippen molar-refractivity contribution in [3.63, 3.8) is 0 Å². The maximum Gasteiger partial charge on any atom is 0.275 e. The van der Waals surface area contributed by atoms with Gasteiger partial charge in [-0.1, -0.05) is 30.3 Å². The van der Waals surface area contributed by atoms with Gasteiger partial charge in [0.25, 0.3) is 5.91 Å². The minimum absolute atomic E-state index is 0.0784. The molecule has 1 amide bonds. The quantitative estimate of drug-likeness (QED) is 0.393. The molecule has 0 bridgehead atoms. The predicted octanol–water partition coefficient (Wildman–Crippen LogP) is 4.95. The molecule has 7 heteroatoms. The lowest BCUT2D eigenvalue weighted by molar-refractivity contribution is 0.0746. The van der Waals surface area contributed by atoms with Gasteiger partial charge in [0.2, 0.25) is 0 Å². The zero-order chi connectivity index (χ0) is 22.4. The van der Waals surface area contributed by atoms with Crippen LogP contribution in [0.4, 0.5) is 0 Å². The van der Waals surface area contributed by atoms with E-state index in [1.807, 2.05) is 59.6 Å². The van der Waals surface area contributed by atoms with Crippen molar-refractivity contribution >= 4 is 16.8 Å². The van der Waals surface area contributed by atoms with Gasteiger partial charge in [-0.2, -0.15) is 5.10 Å². The number of fused-ring (bicyclic) bond motifs is 2. The third-order valence-electron chi connectivity index (χ3n) is 6.33. The molecule has 7 nitrogen and oxygen atoms in total. The van der Waals surface area contributed by atoms with Crippen molar-refractivity contribution in [2.24, 2.45) is 0 Å². The molecule has 0 saturated heterocycles. The van der Waals surface area contributed by atoms with Crippen LogP contribution < -0.4 is 4.74 Å². The van der Waals surface area contributed by atoms with Crippen molar-refractivity contribution in [2.45, 2.75) is 12.5 Å². The summed E-state index contributed by atoms with van der Waals surface area (Å²) in [6.07, 6.45) is 4.34. The number of hydrogen-bond acceptors (Lipinski definition) is 4. The van der Waals surface area contributed by atoms with E-state index in [9.17, 15) is 4.79 Å². The molecule has 0 radical (unpaired) electrons. The van der Waals surface area contributed by atoms with E-state index < -0.39 is 0 Å². The average Bonchev–Trinajstić information content (AvgIpc) is 3.63. The Morgan fingerprint density at radius 3 is 2.79 bits per heavy atom. The summed E-state index contributed by atoms with van der Waals surface area (Å²) in [5, 5.41) is 8.51. The number of nitrogens with zero attached hydrogens (tertiary/aromatic N) is 2. The number of aromatic amines is 2. The van der Waals surface area contributed by atoms with E-state index in [4.69, 9.17) is 9.15 Å². The Morgan fingerprint density at radius 1 is 1.12 bits per heavy atom. The number of ether oxygens (including phenoxy) is 1. The molecule has 3 aromatic heterocycles. The van der Waals surface area contributed by atoms with Crippen LogP contribution in [0.3, 0.4) is 0 Å². The molecule has 1 unspecified atom stereocenters. The van der Waals surface area contributed by atoms with Crippen LogP contribution in [-0.4, -0.2) is 39.6 Å². The maximum atomic E-state index is 13.5. The fraction of sp³-hybridized carbons (Fsp3) is 0.154. The number of hydrogen-bond donors (Lipinski definition) is 2. The second kappa shape index (κ2) is 7.70. The normalized spacial score (nSPS) is 15.4. The highest BCUT2D eigenvalue weighted by atomic mass is 16.5. The highest BCUT2D eigenvalue weighted by Gasteiger charge is 2.42. The summed E-state index contributed by atoms with van der Waals surface area (Å²) >= 11 is 0. The van der Waals surface area contributed by atoms with Crippen LogP contribution >= 0.6 is 0 Å². The van der Waals surface area contributed by atoms with Gasteiger partial charge in [0, 0.05) is 29.2 Å². The highest BCUT2D eigenvalue weighted by Crippen LogP contribution is 2.42. The van der Waals surface area contributed by atoms with Crippen LogP contribution in [-0.2, 0) is 6.42 Å². The average molecular weight is 438 g/mol. The first kappa shape index (κ1) is 19.4. The summed E-state index contributed by atoms with van der Waals surface area (Å²) in [5.41, 5.74) is 5.29. The van der Waals surface area contributed by atoms with Crippen LogP contribution in [0, 0.1) is 0 Å². The number of carbonyl (C=O) groups excluding carboxylic acids is 1. The summed E-state index contributed by atoms with van der Waals surface area (Å²) in [6.45, 7) is 0.552. The van der Waals surface area contributed by atoms with Gasteiger partial charge in [-0.05, 0) is 47.9 Å². The predicted molar refractivity (Wildman–Crippen MR) is 124 cm³/mol. The summed E-state index contributed by atoms with van der Waals surface area (Å²) in [7, 11) is 1.67. The van der Waals surface area contributed by atoms with Gasteiger partial charge < -0.3 is 19.0 Å². The minimum Gasteiger partial charge on any atom is -0.497 e. The molecule has 33 heavy (non-hydrogen) atoms. The molecule has 5 aromatic rings. The summed E-state index contributed by atoms with van der Waals surface area (Å²) in [6, 6.07) is 19.5. The molecule has 2 aromatic carbocycles. The van der Waals surface area contributed by atoms with Gasteiger partial charge in [-0.15, -0.1) is 0 Å². The smallest absolute Gasteiger partial charge is 0.275 e. The number of amides is 1. The Balaban J connectivity index is 1.38. The third kappa shape index (κ3) is 3.12. The maximum absolute atomic E-state index is 13.5. The second-order valence-electron chi connectivity index (χ2n) is 8.13. The Hall–Kier alpha value is -4.26. The summed E-state index contributed by atoms with van der Waals surface area (Å²) < 4.78 is 11.0. The molecular formula is C26H22N4O3. The Kier molecular flexibility index (Phi) is 4.54. The molecule has 0 saturated carbocycles. The van der Waals surface area contributed by atoms with Gasteiger partial charge in [0.1, 0.15) is 11.4 Å². The fourth-order valence-corrected chi connectivity index (χ4v) is 4.74. The van der Waals surface area contributed by atoms with Crippen LogP contribution in [0.1, 0.15) is 33.2 Å². The van der Waals surface area contributed by atoms with Crippen LogP contribution in [0.15, 0.2) is 77.5 Å². The standard InChI is InChI=1S/C26H22N4O3/c1-32-18-9-10-20-19(14-18)17(15-27-20)11-12-30-25(16-6-3-2-4-7-16)22-23(21-8-5-13-33-21)28-29-24(22)26(30)31/h2-10,13-15,25,27H,11-12H2,1H3,(H,28,29). The Bertz CT molecular complexity index is 1430. The zero-order valence-electron chi connectivity index (χ0n) is 18.0. The van der Waals surface area contributed by atoms with Crippen molar-refractivity contribution in [1.82, 2.24) is 20.1 Å². The molecule has 0 aliphatic carbocycles. The van der Waals surface area contributed by atoms with Crippen molar-refractivity contribution in [1.29, 1.82) is 0 Å². The summed E-state index contributed by atoms with van der Waals surface area (Å²) in [4.78, 5) is 18.7. The van der Waals surface area contributed by atoms with E-state index in [0.29, 0.717) is 24.4 Å². The molecule has 164 valence electrons. The van der Waals surface area contributed by atoms with Gasteiger partial charge in [-0.25, -0.2) is 0 Å². The number of methoxy groups -OCH3 is 1. The number of nitrogens with one attached hydrogen (secondary N) is 2. The zero-order valence-corrected chi connectivity index (χ0v) is 18.0. The van der Waals surface area contributed by atoms with E-state index in [-0.39, 0.29) is 11.9 Å². The molecule has 0 fully saturated rings. The first-order chi connectivity index (χ1) is 16.2. The monoisotopic (exact) mass is 438 g/mol. The fourth-order valence-electron chi connectivity index (χ4n) is 4.74. The number of H-pyrrole nitrogens is 2. The lowest BCUT2D eigenvalue weighted by atomic mass is 9.98. The summed E-state index contributed by atoms with van der Waals surface area (Å²) in [5.74, 6) is 1.40. The number of carbonyl (C=O) groups is 1. The van der Waals surface area contributed by atoms with Gasteiger partial charge in [0.15, 0.2) is 11.5 Å². The molecule has 2 N–H and O–H groups in total. The second-order valence-corrected chi connectivity index (χ2v) is 8.13. The third-order valence-corrected chi connectivity index (χ3v) is 6.33. The molecular weight excluding hydrogens is 416 g/mol. The minimum atomic E-state index is -0.243. The first-order valence-corrected chi connectivity index (χ1v) is 10.9. The van der Waals surface area contributed by atoms with Crippen LogP contribution in [0.2, 0.25) is 0 Å². The van der Waals surface area contributed by atoms with Gasteiger partial charge in [-0.3, -0.25) is 9.89 Å². The van der Waals surface area contributed by atoms with Crippen molar-refractivity contribution in [3.8, 4) is 17.2 Å². The van der Waals surface area contributed by atoms with Gasteiger partial charge >= 0.3 is 0 Å². The highest BCUT2D eigenvalue weighted by molar-refractivity contribution is 6.00. The van der Waals surface area contributed by atoms with Crippen molar-refractivity contribution < 1.29 is 13.9 Å². The molecule has 4 heterocycles. The lowest BCUT2D eigenvalue weighted by Gasteiger charge is -2.26. The lowest BCUT2D eigenvalue weighted by Crippen LogP contribution is -2.31. The SMILES string of the molecule is COc1ccc2[nH]cc(CCN3C(=O)c4n[nH]c(-c5ccco5)c4C3c3ccccc3)c2c1. The van der Waals surface area contributed by atoms with Crippen molar-refractivity contribution in [2.75, 3.05) is 13.7 Å². The van der Waals surface area contributed by atoms with E-state index in [1.54, 1.807) is 13.4 Å². The topological polar surface area (TPSA) is 87.1 Å². The number of benzene rings is 2. The van der Waals surface area contributed by atoms with Crippen molar-refractivity contribution in [3.05, 3.63) is 95.5 Å². The van der Waals surface area contributed by atoms with E-state index in [2.05, 4.69) is 27.3 Å². The molecule has 0 spiro atoms. The van der Waals surface area contributed by atoms with Crippen LogP contribution in [0.25, 0.3) is 22.4 Å². The molecule has 1 atom stereocenters. The number of rotatable bonds is 6. The van der Waals surface area contributed by atoms with E-state index >= 15 is 0 Å². The molecule has 1 aliphatic heterocycles. The van der Waals surface area contributed by atoms with E-state index in [0.717, 1.165) is 39.0 Å². The Morgan fingerprint density at radius 2 is 2.00 bits per heavy atom. The number of aromatic nitrogens is 3.